The van der Waals surface area contributed by atoms with Gasteiger partial charge in [0, 0.05) is 25.6 Å². The molecule has 1 unspecified atom stereocenters. The molecule has 1 aliphatic heterocycles. The Morgan fingerprint density at radius 2 is 2.00 bits per heavy atom. The quantitative estimate of drug-likeness (QED) is 0.910. The average Bonchev–Trinajstić information content (AvgIpc) is 3.23. The molecule has 0 bridgehead atoms. The Balaban J connectivity index is 1.81. The van der Waals surface area contributed by atoms with Gasteiger partial charge in [-0.1, -0.05) is 0 Å². The molecule has 3 rings (SSSR count). The van der Waals surface area contributed by atoms with Crippen LogP contribution in [-0.4, -0.2) is 44.8 Å². The number of rotatable bonds is 4. The minimum Gasteiger partial charge on any atom is -0.481 e. The van der Waals surface area contributed by atoms with Gasteiger partial charge in [0.25, 0.3) is 5.91 Å². The van der Waals surface area contributed by atoms with Crippen LogP contribution in [0.3, 0.4) is 0 Å². The Kier molecular flexibility index (Phi) is 4.27. The Morgan fingerprint density at radius 1 is 1.29 bits per heavy atom. The van der Waals surface area contributed by atoms with Gasteiger partial charge in [-0.3, -0.25) is 14.3 Å². The van der Waals surface area contributed by atoms with E-state index in [1.165, 1.54) is 9.58 Å². The van der Waals surface area contributed by atoms with Crippen molar-refractivity contribution in [3.8, 4) is 0 Å². The summed E-state index contributed by atoms with van der Waals surface area (Å²) in [6.07, 6.45) is -1.87. The molecule has 132 valence electrons. The number of aliphatic carboxylic acids is 1. The number of carboxylic acid groups (broad SMARTS) is 1. The Bertz CT molecular complexity index is 652. The summed E-state index contributed by atoms with van der Waals surface area (Å²) in [6.45, 7) is 0.675. The van der Waals surface area contributed by atoms with Crippen molar-refractivity contribution >= 4 is 11.9 Å². The van der Waals surface area contributed by atoms with Crippen LogP contribution in [0.25, 0.3) is 0 Å². The highest BCUT2D eigenvalue weighted by Gasteiger charge is 2.39. The highest BCUT2D eigenvalue weighted by atomic mass is 19.4. The van der Waals surface area contributed by atoms with Crippen molar-refractivity contribution < 1.29 is 27.9 Å². The molecule has 1 saturated carbocycles. The first kappa shape index (κ1) is 16.8. The van der Waals surface area contributed by atoms with E-state index in [2.05, 4.69) is 5.10 Å². The minimum atomic E-state index is -4.59. The average molecular weight is 345 g/mol. The van der Waals surface area contributed by atoms with E-state index >= 15 is 0 Å². The van der Waals surface area contributed by atoms with Crippen molar-refractivity contribution in [2.75, 3.05) is 13.1 Å². The third-order valence-corrected chi connectivity index (χ3v) is 4.41. The maximum atomic E-state index is 12.9. The fourth-order valence-electron chi connectivity index (χ4n) is 3.12. The molecule has 2 aliphatic rings. The van der Waals surface area contributed by atoms with E-state index < -0.39 is 23.7 Å². The van der Waals surface area contributed by atoms with Crippen molar-refractivity contribution in [1.82, 2.24) is 14.7 Å². The number of alkyl halides is 3. The molecule has 2 heterocycles. The van der Waals surface area contributed by atoms with E-state index in [4.69, 9.17) is 5.11 Å². The van der Waals surface area contributed by atoms with Crippen LogP contribution in [0, 0.1) is 5.92 Å². The molecule has 1 aromatic heterocycles. The normalized spacial score (nSPS) is 21.8. The summed E-state index contributed by atoms with van der Waals surface area (Å²) in [5, 5.41) is 12.5. The monoisotopic (exact) mass is 345 g/mol. The van der Waals surface area contributed by atoms with Crippen LogP contribution in [0.5, 0.6) is 0 Å². The van der Waals surface area contributed by atoms with Crippen molar-refractivity contribution in [3.63, 3.8) is 0 Å². The number of halogens is 3. The Morgan fingerprint density at radius 3 is 2.58 bits per heavy atom. The van der Waals surface area contributed by atoms with E-state index in [9.17, 15) is 22.8 Å². The number of piperidine rings is 1. The van der Waals surface area contributed by atoms with Crippen LogP contribution in [0.15, 0.2) is 6.07 Å². The van der Waals surface area contributed by atoms with Gasteiger partial charge in [-0.05, 0) is 31.6 Å². The topological polar surface area (TPSA) is 75.4 Å². The van der Waals surface area contributed by atoms with Crippen molar-refractivity contribution in [3.05, 3.63) is 17.5 Å². The molecule has 1 atom stereocenters. The Hall–Kier alpha value is -2.06. The number of carboxylic acids is 1. The predicted molar refractivity (Wildman–Crippen MR) is 76.4 cm³/mol. The van der Waals surface area contributed by atoms with E-state index in [1.807, 2.05) is 0 Å². The zero-order valence-corrected chi connectivity index (χ0v) is 12.9. The molecular formula is C15H18F3N3O3. The SMILES string of the molecule is O=C(O)CC1CCCN(C(=O)c2cc(C(F)(F)F)nn2C2CC2)C1. The second kappa shape index (κ2) is 6.10. The van der Waals surface area contributed by atoms with Crippen LogP contribution in [0.1, 0.15) is 54.3 Å². The van der Waals surface area contributed by atoms with Crippen LogP contribution < -0.4 is 0 Å². The van der Waals surface area contributed by atoms with Crippen molar-refractivity contribution in [2.24, 2.45) is 5.92 Å². The summed E-state index contributed by atoms with van der Waals surface area (Å²) < 4.78 is 39.9. The summed E-state index contributed by atoms with van der Waals surface area (Å²) in [5.41, 5.74) is -1.11. The number of hydrogen-bond acceptors (Lipinski definition) is 3. The molecule has 1 saturated heterocycles. The first-order valence-electron chi connectivity index (χ1n) is 7.93. The molecule has 1 N–H and O–H groups in total. The van der Waals surface area contributed by atoms with E-state index in [-0.39, 0.29) is 30.6 Å². The summed E-state index contributed by atoms with van der Waals surface area (Å²) >= 11 is 0. The van der Waals surface area contributed by atoms with Gasteiger partial charge in [0.2, 0.25) is 0 Å². The third kappa shape index (κ3) is 3.54. The van der Waals surface area contributed by atoms with Gasteiger partial charge in [0.05, 0.1) is 6.04 Å². The van der Waals surface area contributed by atoms with Crippen LogP contribution in [0.4, 0.5) is 13.2 Å². The molecule has 1 amide bonds. The molecule has 1 aliphatic carbocycles. The molecule has 0 radical (unpaired) electrons. The molecule has 24 heavy (non-hydrogen) atoms. The van der Waals surface area contributed by atoms with Gasteiger partial charge in [-0.15, -0.1) is 0 Å². The molecule has 6 nitrogen and oxygen atoms in total. The van der Waals surface area contributed by atoms with Crippen molar-refractivity contribution in [2.45, 2.75) is 44.3 Å². The lowest BCUT2D eigenvalue weighted by Gasteiger charge is -2.32. The highest BCUT2D eigenvalue weighted by Crippen LogP contribution is 2.38. The summed E-state index contributed by atoms with van der Waals surface area (Å²) in [4.78, 5) is 25.0. The van der Waals surface area contributed by atoms with E-state index in [0.717, 1.165) is 6.07 Å². The second-order valence-corrected chi connectivity index (χ2v) is 6.45. The van der Waals surface area contributed by atoms with Gasteiger partial charge in [0.1, 0.15) is 5.69 Å². The third-order valence-electron chi connectivity index (χ3n) is 4.41. The summed E-state index contributed by atoms with van der Waals surface area (Å²) in [5.74, 6) is -1.60. The standard InChI is InChI=1S/C15H18F3N3O3/c16-15(17,18)12-7-11(21(19-12)10-3-4-10)14(24)20-5-1-2-9(8-20)6-13(22)23/h7,9-10H,1-6,8H2,(H,22,23). The van der Waals surface area contributed by atoms with Gasteiger partial charge >= 0.3 is 12.1 Å². The molecule has 1 aromatic rings. The minimum absolute atomic E-state index is 0.0422. The van der Waals surface area contributed by atoms with Gasteiger partial charge in [-0.2, -0.15) is 18.3 Å². The number of hydrogen-bond donors (Lipinski definition) is 1. The number of aromatic nitrogens is 2. The maximum Gasteiger partial charge on any atom is 0.435 e. The van der Waals surface area contributed by atoms with Crippen molar-refractivity contribution in [1.29, 1.82) is 0 Å². The number of likely N-dealkylation sites (tertiary alicyclic amines) is 1. The molecule has 9 heteroatoms. The second-order valence-electron chi connectivity index (χ2n) is 6.45. The first-order chi connectivity index (χ1) is 11.3. The fraction of sp³-hybridized carbons (Fsp3) is 0.667. The summed E-state index contributed by atoms with van der Waals surface area (Å²) in [6, 6.07) is 0.654. The smallest absolute Gasteiger partial charge is 0.435 e. The van der Waals surface area contributed by atoms with Crippen LogP contribution in [0.2, 0.25) is 0 Å². The lowest BCUT2D eigenvalue weighted by molar-refractivity contribution is -0.141. The molecule has 2 fully saturated rings. The number of carbonyl (C=O) groups excluding carboxylic acids is 1. The zero-order chi connectivity index (χ0) is 17.5. The number of nitrogens with zero attached hydrogens (tertiary/aromatic N) is 3. The Labute approximate surface area is 136 Å². The fourth-order valence-corrected chi connectivity index (χ4v) is 3.12. The maximum absolute atomic E-state index is 12.9. The summed E-state index contributed by atoms with van der Waals surface area (Å²) in [7, 11) is 0. The van der Waals surface area contributed by atoms with Gasteiger partial charge < -0.3 is 10.0 Å². The highest BCUT2D eigenvalue weighted by molar-refractivity contribution is 5.93. The number of carbonyl (C=O) groups is 2. The van der Waals surface area contributed by atoms with Gasteiger partial charge in [0.15, 0.2) is 5.69 Å². The predicted octanol–water partition coefficient (Wildman–Crippen LogP) is 2.56. The lowest BCUT2D eigenvalue weighted by Crippen LogP contribution is -2.41. The van der Waals surface area contributed by atoms with E-state index in [0.29, 0.717) is 32.2 Å². The molecule has 0 aromatic carbocycles. The van der Waals surface area contributed by atoms with Gasteiger partial charge in [-0.25, -0.2) is 0 Å². The zero-order valence-electron chi connectivity index (χ0n) is 12.9. The van der Waals surface area contributed by atoms with Crippen LogP contribution >= 0.6 is 0 Å². The first-order valence-corrected chi connectivity index (χ1v) is 7.93. The number of amides is 1. The molecular weight excluding hydrogens is 327 g/mol. The van der Waals surface area contributed by atoms with Crippen LogP contribution in [-0.2, 0) is 11.0 Å². The largest absolute Gasteiger partial charge is 0.481 e. The lowest BCUT2D eigenvalue weighted by atomic mass is 9.94. The van der Waals surface area contributed by atoms with E-state index in [1.54, 1.807) is 0 Å². The molecule has 0 spiro atoms.